The number of phosphoric ester groups is 2. The molecular weight excluding hydrogens is 898 g/mol. The quantitative estimate of drug-likeness (QED) is 0.00763. The van der Waals surface area contributed by atoms with Crippen molar-refractivity contribution in [2.45, 2.75) is 204 Å². The van der Waals surface area contributed by atoms with Crippen LogP contribution in [-0.2, 0) is 46.6 Å². The summed E-state index contributed by atoms with van der Waals surface area (Å²) in [5.74, 6) is -1.18. The molecule has 0 radical (unpaired) electrons. The molecule has 0 aromatic carbocycles. The van der Waals surface area contributed by atoms with Crippen LogP contribution in [-0.4, -0.2) is 109 Å². The molecule has 0 saturated heterocycles. The molecule has 66 heavy (non-hydrogen) atoms. The van der Waals surface area contributed by atoms with Crippen LogP contribution in [0.4, 0.5) is 0 Å². The van der Waals surface area contributed by atoms with E-state index in [2.05, 4.69) is 54.8 Å². The van der Waals surface area contributed by atoms with Gasteiger partial charge in [0.1, 0.15) is 43.2 Å². The number of hydrogen-bond acceptors (Lipinski definition) is 14. The van der Waals surface area contributed by atoms with E-state index in [0.29, 0.717) is 25.7 Å². The molecule has 0 heterocycles. The second-order valence-corrected chi connectivity index (χ2v) is 19.1. The summed E-state index contributed by atoms with van der Waals surface area (Å²) in [6.07, 6.45) is 24.4. The van der Waals surface area contributed by atoms with Gasteiger partial charge < -0.3 is 44.6 Å². The van der Waals surface area contributed by atoms with E-state index in [9.17, 15) is 58.6 Å². The van der Waals surface area contributed by atoms with Gasteiger partial charge in [0, 0.05) is 19.3 Å². The van der Waals surface area contributed by atoms with Crippen molar-refractivity contribution in [3.8, 4) is 0 Å². The number of esters is 2. The maximum Gasteiger partial charge on any atom is 0.472 e. The first-order valence-corrected chi connectivity index (χ1v) is 26.8. The Morgan fingerprint density at radius 2 is 1.02 bits per heavy atom. The van der Waals surface area contributed by atoms with E-state index in [-0.39, 0.29) is 18.6 Å². The summed E-state index contributed by atoms with van der Waals surface area (Å²) in [7, 11) is -10.7. The van der Waals surface area contributed by atoms with Crippen molar-refractivity contribution in [1.82, 2.24) is 0 Å². The lowest BCUT2D eigenvalue weighted by molar-refractivity contribution is -0.216. The molecule has 17 nitrogen and oxygen atoms in total. The van der Waals surface area contributed by atoms with Gasteiger partial charge in [0.05, 0.1) is 6.61 Å². The van der Waals surface area contributed by atoms with Crippen LogP contribution in [0, 0.1) is 0 Å². The van der Waals surface area contributed by atoms with Crippen LogP contribution in [0.5, 0.6) is 0 Å². The Morgan fingerprint density at radius 3 is 1.61 bits per heavy atom. The normalized spacial score (nSPS) is 22.0. The predicted octanol–water partition coefficient (Wildman–Crippen LogP) is 8.24. The summed E-state index contributed by atoms with van der Waals surface area (Å²) < 4.78 is 49.3. The van der Waals surface area contributed by atoms with Crippen LogP contribution in [0.15, 0.2) is 60.8 Å². The van der Waals surface area contributed by atoms with Gasteiger partial charge in [-0.2, -0.15) is 0 Å². The predicted molar refractivity (Wildman–Crippen MR) is 251 cm³/mol. The molecule has 0 spiro atoms. The van der Waals surface area contributed by atoms with Gasteiger partial charge in [-0.05, 0) is 76.7 Å². The van der Waals surface area contributed by atoms with Gasteiger partial charge in [0.15, 0.2) is 11.9 Å². The Hall–Kier alpha value is -2.63. The molecule has 380 valence electrons. The monoisotopic (exact) mass is 978 g/mol. The van der Waals surface area contributed by atoms with E-state index >= 15 is 0 Å². The van der Waals surface area contributed by atoms with Crippen molar-refractivity contribution in [1.29, 1.82) is 0 Å². The molecule has 1 aliphatic rings. The smallest absolute Gasteiger partial charge is 0.462 e. The van der Waals surface area contributed by atoms with Crippen molar-refractivity contribution >= 4 is 33.4 Å². The summed E-state index contributed by atoms with van der Waals surface area (Å²) >= 11 is 0. The lowest BCUT2D eigenvalue weighted by Gasteiger charge is -2.43. The molecule has 7 N–H and O–H groups in total. The number of carbonyl (C=O) groups excluding carboxylic acids is 3. The molecule has 0 bridgehead atoms. The zero-order chi connectivity index (χ0) is 49.1. The number of hydrogen-bond donors (Lipinski definition) is 7. The Balaban J connectivity index is 2.64. The lowest BCUT2D eigenvalue weighted by Crippen LogP contribution is -2.64. The van der Waals surface area contributed by atoms with Gasteiger partial charge in [0.25, 0.3) is 0 Å². The Bertz CT molecular complexity index is 1570. The molecular formula is C47H80O17P2. The minimum atomic E-state index is -5.38. The maximum atomic E-state index is 13.0. The fourth-order valence-electron chi connectivity index (χ4n) is 6.78. The summed E-state index contributed by atoms with van der Waals surface area (Å²) in [6.45, 7) is 2.87. The second kappa shape index (κ2) is 37.3. The molecule has 0 aromatic heterocycles. The second-order valence-electron chi connectivity index (χ2n) is 16.5. The third-order valence-electron chi connectivity index (χ3n) is 10.5. The largest absolute Gasteiger partial charge is 0.472 e. The summed E-state index contributed by atoms with van der Waals surface area (Å²) in [5, 5.41) is 41.2. The number of aliphatic hydroxyl groups is 4. The van der Waals surface area contributed by atoms with E-state index in [4.69, 9.17) is 18.5 Å². The molecule has 0 aromatic rings. The van der Waals surface area contributed by atoms with Crippen LogP contribution < -0.4 is 0 Å². The van der Waals surface area contributed by atoms with E-state index in [1.165, 1.54) is 19.3 Å². The molecule has 19 heteroatoms. The third kappa shape index (κ3) is 31.4. The lowest BCUT2D eigenvalue weighted by atomic mass is 9.85. The standard InChI is InChI=1S/C47H80O17P2/c1-3-5-7-8-9-10-11-12-13-14-15-16-17-20-23-26-30-34-40(49)60-36-39(62-41(50)35-31-27-24-21-18-19-22-25-29-33-38(48)32-28-6-4-2)37-61-66(58,59)64-47-44(53)42(51)43(52)46(45(47)54)63-65(55,56)57/h9-10,12-13,15-16,22,25,29,33,39,42-47,51-54H,3-8,11,14,17-21,23-24,26-28,30-32,34-37H2,1-2H3,(H,58,59)(H2,55,56,57)/b10-9-,13-12-,16-15-,25-22-,33-29+/t39-,42?,43?,44?,45?,46-,47+/m1/s1. The summed E-state index contributed by atoms with van der Waals surface area (Å²) in [4.78, 5) is 66.1. The van der Waals surface area contributed by atoms with Gasteiger partial charge in [-0.25, -0.2) is 9.13 Å². The number of unbranched alkanes of at least 4 members (excludes halogenated alkanes) is 14. The molecule has 8 atom stereocenters. The van der Waals surface area contributed by atoms with Crippen LogP contribution in [0.1, 0.15) is 162 Å². The third-order valence-corrected chi connectivity index (χ3v) is 12.0. The number of phosphoric acid groups is 2. The van der Waals surface area contributed by atoms with Gasteiger partial charge in [-0.1, -0.05) is 126 Å². The van der Waals surface area contributed by atoms with Crippen molar-refractivity contribution in [2.24, 2.45) is 0 Å². The van der Waals surface area contributed by atoms with Crippen LogP contribution in [0.2, 0.25) is 0 Å². The van der Waals surface area contributed by atoms with Gasteiger partial charge in [-0.3, -0.25) is 28.0 Å². The highest BCUT2D eigenvalue weighted by Gasteiger charge is 2.54. The average Bonchev–Trinajstić information content (AvgIpc) is 3.26. The number of ether oxygens (including phenoxy) is 2. The first-order chi connectivity index (χ1) is 31.5. The zero-order valence-electron chi connectivity index (χ0n) is 39.1. The minimum absolute atomic E-state index is 0.0148. The maximum absolute atomic E-state index is 13.0. The van der Waals surface area contributed by atoms with Gasteiger partial charge >= 0.3 is 27.6 Å². The molecule has 1 saturated carbocycles. The number of rotatable bonds is 39. The first-order valence-electron chi connectivity index (χ1n) is 23.8. The SMILES string of the molecule is CCCCC/C=C\C/C=C\C/C=C\CCCCCCC(=O)OC[C@H](COP(=O)(O)O[C@H]1C(O)C(O)C(O)[C@@H](OP(=O)(O)O)C1O)OC(=O)CCCCCCC/C=C\C=C\C(=O)CCCCC. The fourth-order valence-corrected chi connectivity index (χ4v) is 8.32. The first kappa shape index (κ1) is 61.4. The number of ketones is 1. The van der Waals surface area contributed by atoms with Crippen LogP contribution in [0.3, 0.4) is 0 Å². The van der Waals surface area contributed by atoms with Gasteiger partial charge in [0.2, 0.25) is 0 Å². The van der Waals surface area contributed by atoms with Crippen molar-refractivity contribution in [3.05, 3.63) is 60.8 Å². The number of allylic oxidation sites excluding steroid dienone is 10. The average molecular weight is 979 g/mol. The molecule has 0 amide bonds. The molecule has 1 rings (SSSR count). The highest BCUT2D eigenvalue weighted by atomic mass is 31.2. The molecule has 5 unspecified atom stereocenters. The van der Waals surface area contributed by atoms with Gasteiger partial charge in [-0.15, -0.1) is 0 Å². The van der Waals surface area contributed by atoms with Crippen molar-refractivity contribution < 1.29 is 81.7 Å². The van der Waals surface area contributed by atoms with Crippen LogP contribution in [0.25, 0.3) is 0 Å². The Kier molecular flexibility index (Phi) is 34.7. The summed E-state index contributed by atoms with van der Waals surface area (Å²) in [6, 6.07) is 0. The molecule has 0 aliphatic heterocycles. The Labute approximate surface area is 392 Å². The number of carbonyl (C=O) groups is 3. The minimum Gasteiger partial charge on any atom is -0.462 e. The number of aliphatic hydroxyl groups excluding tert-OH is 4. The van der Waals surface area contributed by atoms with E-state index in [1.54, 1.807) is 12.2 Å². The molecule has 1 aliphatic carbocycles. The molecule has 1 fully saturated rings. The topological polar surface area (TPSA) is 273 Å². The van der Waals surface area contributed by atoms with E-state index < -0.39 is 83.5 Å². The van der Waals surface area contributed by atoms with Crippen molar-refractivity contribution in [2.75, 3.05) is 13.2 Å². The fraction of sp³-hybridized carbons (Fsp3) is 0.723. The van der Waals surface area contributed by atoms with Crippen LogP contribution >= 0.6 is 15.6 Å². The highest BCUT2D eigenvalue weighted by molar-refractivity contribution is 7.47. The highest BCUT2D eigenvalue weighted by Crippen LogP contribution is 2.49. The Morgan fingerprint density at radius 1 is 0.530 bits per heavy atom. The zero-order valence-corrected chi connectivity index (χ0v) is 40.9. The summed E-state index contributed by atoms with van der Waals surface area (Å²) in [5.41, 5.74) is 0. The van der Waals surface area contributed by atoms with E-state index in [0.717, 1.165) is 89.9 Å². The van der Waals surface area contributed by atoms with E-state index in [1.807, 2.05) is 12.2 Å². The van der Waals surface area contributed by atoms with Crippen molar-refractivity contribution in [3.63, 3.8) is 0 Å².